The summed E-state index contributed by atoms with van der Waals surface area (Å²) in [5.74, 6) is -1.74. The standard InChI is InChI=1S/C47H87NO7/c1-6-8-10-12-14-16-18-20-22-24-25-27-29-31-33-35-37-45(49)54-42-43(41-53-40-39-44(47(51)52)48(3,4)5)55-46(50)38-36-34-32-30-28-26-23-21-19-17-15-13-11-9-7-2/h15,17,21,23,43-44H,6-14,16,18-20,22,24-42H2,1-5H3/b17-15-,23-21-. The van der Waals surface area contributed by atoms with E-state index in [2.05, 4.69) is 38.2 Å². The fraction of sp³-hybridized carbons (Fsp3) is 0.851. The summed E-state index contributed by atoms with van der Waals surface area (Å²) in [5, 5.41) is 11.6. The first kappa shape index (κ1) is 52.8. The maximum atomic E-state index is 12.7. The lowest BCUT2D eigenvalue weighted by Crippen LogP contribution is -2.55. The predicted molar refractivity (Wildman–Crippen MR) is 227 cm³/mol. The van der Waals surface area contributed by atoms with Crippen molar-refractivity contribution in [2.75, 3.05) is 41.0 Å². The molecule has 8 heteroatoms. The lowest BCUT2D eigenvalue weighted by molar-refractivity contribution is -0.889. The molecule has 0 aromatic heterocycles. The van der Waals surface area contributed by atoms with Crippen molar-refractivity contribution in [3.8, 4) is 0 Å². The van der Waals surface area contributed by atoms with Crippen LogP contribution in [0.3, 0.4) is 0 Å². The van der Waals surface area contributed by atoms with Gasteiger partial charge in [0, 0.05) is 19.3 Å². The van der Waals surface area contributed by atoms with Crippen LogP contribution in [0.1, 0.15) is 206 Å². The fourth-order valence-corrected chi connectivity index (χ4v) is 6.75. The van der Waals surface area contributed by atoms with Crippen LogP contribution in [0.15, 0.2) is 24.3 Å². The molecule has 0 rings (SSSR count). The molecule has 0 saturated heterocycles. The number of esters is 2. The van der Waals surface area contributed by atoms with Crippen molar-refractivity contribution < 1.29 is 38.2 Å². The van der Waals surface area contributed by atoms with Crippen molar-refractivity contribution in [1.82, 2.24) is 0 Å². The van der Waals surface area contributed by atoms with Crippen LogP contribution in [-0.4, -0.2) is 75.5 Å². The molecule has 0 radical (unpaired) electrons. The van der Waals surface area contributed by atoms with Gasteiger partial charge < -0.3 is 28.6 Å². The third-order valence-electron chi connectivity index (χ3n) is 10.3. The van der Waals surface area contributed by atoms with Crippen LogP contribution in [-0.2, 0) is 28.6 Å². The number of hydrogen-bond donors (Lipinski definition) is 0. The average Bonchev–Trinajstić information content (AvgIpc) is 3.14. The van der Waals surface area contributed by atoms with E-state index in [0.29, 0.717) is 12.8 Å². The lowest BCUT2D eigenvalue weighted by atomic mass is 10.0. The number of ether oxygens (including phenoxy) is 3. The molecule has 0 spiro atoms. The molecular formula is C47H87NO7. The molecule has 0 fully saturated rings. The van der Waals surface area contributed by atoms with Gasteiger partial charge in [0.25, 0.3) is 0 Å². The normalized spacial score (nSPS) is 13.1. The molecule has 0 heterocycles. The molecule has 0 aliphatic carbocycles. The van der Waals surface area contributed by atoms with Gasteiger partial charge in [0.05, 0.1) is 40.3 Å². The number of nitrogens with zero attached hydrogens (tertiary/aromatic N) is 1. The van der Waals surface area contributed by atoms with Crippen LogP contribution in [0.2, 0.25) is 0 Å². The highest BCUT2D eigenvalue weighted by Crippen LogP contribution is 2.15. The first-order valence-corrected chi connectivity index (χ1v) is 22.9. The van der Waals surface area contributed by atoms with Gasteiger partial charge >= 0.3 is 11.9 Å². The molecular weight excluding hydrogens is 691 g/mol. The molecule has 55 heavy (non-hydrogen) atoms. The summed E-state index contributed by atoms with van der Waals surface area (Å²) >= 11 is 0. The van der Waals surface area contributed by atoms with Gasteiger partial charge in [0.1, 0.15) is 12.6 Å². The quantitative estimate of drug-likeness (QED) is 0.0264. The van der Waals surface area contributed by atoms with Gasteiger partial charge in [0.15, 0.2) is 6.10 Å². The maximum Gasteiger partial charge on any atom is 0.306 e. The zero-order valence-corrected chi connectivity index (χ0v) is 36.6. The summed E-state index contributed by atoms with van der Waals surface area (Å²) in [6.07, 6.45) is 41.9. The second kappa shape index (κ2) is 38.7. The highest BCUT2D eigenvalue weighted by molar-refractivity contribution is 5.70. The number of hydrogen-bond acceptors (Lipinski definition) is 7. The van der Waals surface area contributed by atoms with E-state index in [1.54, 1.807) is 21.1 Å². The van der Waals surface area contributed by atoms with E-state index >= 15 is 0 Å². The predicted octanol–water partition coefficient (Wildman–Crippen LogP) is 11.1. The van der Waals surface area contributed by atoms with Gasteiger partial charge in [-0.2, -0.15) is 0 Å². The Hall–Kier alpha value is -2.19. The van der Waals surface area contributed by atoms with Gasteiger partial charge in [-0.15, -0.1) is 0 Å². The van der Waals surface area contributed by atoms with E-state index < -0.39 is 18.1 Å². The Kier molecular flexibility index (Phi) is 37.1. The summed E-state index contributed by atoms with van der Waals surface area (Å²) in [6.45, 7) is 4.64. The molecule has 0 aromatic rings. The summed E-state index contributed by atoms with van der Waals surface area (Å²) in [4.78, 5) is 36.9. The molecule has 0 aromatic carbocycles. The topological polar surface area (TPSA) is 102 Å². The molecule has 8 nitrogen and oxygen atoms in total. The van der Waals surface area contributed by atoms with Gasteiger partial charge in [-0.05, 0) is 44.9 Å². The van der Waals surface area contributed by atoms with Crippen molar-refractivity contribution in [3.05, 3.63) is 24.3 Å². The Balaban J connectivity index is 4.32. The SMILES string of the molecule is CCCCC/C=C\C/C=C\CCCCCCCC(=O)OC(COCCC(C(=O)[O-])[N+](C)(C)C)COC(=O)CCCCCCCCCCCCCCCCCC. The first-order chi connectivity index (χ1) is 26.6. The lowest BCUT2D eigenvalue weighted by Gasteiger charge is -2.34. The highest BCUT2D eigenvalue weighted by atomic mass is 16.6. The van der Waals surface area contributed by atoms with E-state index in [4.69, 9.17) is 14.2 Å². The number of allylic oxidation sites excluding steroid dienone is 4. The Morgan fingerprint density at radius 3 is 1.44 bits per heavy atom. The third kappa shape index (κ3) is 37.2. The minimum Gasteiger partial charge on any atom is -0.544 e. The van der Waals surface area contributed by atoms with Crippen LogP contribution in [0.25, 0.3) is 0 Å². The zero-order chi connectivity index (χ0) is 40.7. The number of carboxylic acid groups (broad SMARTS) is 1. The van der Waals surface area contributed by atoms with Crippen LogP contribution in [0.5, 0.6) is 0 Å². The molecule has 2 unspecified atom stereocenters. The summed E-state index contributed by atoms with van der Waals surface area (Å²) < 4.78 is 17.2. The van der Waals surface area contributed by atoms with Crippen molar-refractivity contribution in [2.45, 2.75) is 219 Å². The number of carbonyl (C=O) groups excluding carboxylic acids is 3. The largest absolute Gasteiger partial charge is 0.544 e. The highest BCUT2D eigenvalue weighted by Gasteiger charge is 2.25. The Morgan fingerprint density at radius 1 is 0.545 bits per heavy atom. The summed E-state index contributed by atoms with van der Waals surface area (Å²) in [5.41, 5.74) is 0. The monoisotopic (exact) mass is 778 g/mol. The zero-order valence-electron chi connectivity index (χ0n) is 36.6. The van der Waals surface area contributed by atoms with E-state index in [1.807, 2.05) is 0 Å². The van der Waals surface area contributed by atoms with E-state index in [1.165, 1.54) is 109 Å². The van der Waals surface area contributed by atoms with Crippen molar-refractivity contribution in [2.24, 2.45) is 0 Å². The number of quaternary nitrogens is 1. The molecule has 322 valence electrons. The Morgan fingerprint density at radius 2 is 0.964 bits per heavy atom. The number of unbranched alkanes of at least 4 members (excludes halogenated alkanes) is 23. The average molecular weight is 778 g/mol. The van der Waals surface area contributed by atoms with E-state index in [-0.39, 0.29) is 42.7 Å². The van der Waals surface area contributed by atoms with E-state index in [0.717, 1.165) is 64.2 Å². The molecule has 2 atom stereocenters. The van der Waals surface area contributed by atoms with Gasteiger partial charge in [-0.25, -0.2) is 0 Å². The van der Waals surface area contributed by atoms with Crippen LogP contribution in [0.4, 0.5) is 0 Å². The fourth-order valence-electron chi connectivity index (χ4n) is 6.75. The minimum absolute atomic E-state index is 0.0388. The van der Waals surface area contributed by atoms with Crippen LogP contribution < -0.4 is 5.11 Å². The Bertz CT molecular complexity index is 957. The van der Waals surface area contributed by atoms with Crippen molar-refractivity contribution in [1.29, 1.82) is 0 Å². The van der Waals surface area contributed by atoms with Crippen LogP contribution in [0, 0.1) is 0 Å². The number of carboxylic acids is 1. The number of rotatable bonds is 41. The molecule has 0 aliphatic rings. The molecule has 0 bridgehead atoms. The number of carbonyl (C=O) groups is 3. The second-order valence-corrected chi connectivity index (χ2v) is 16.6. The molecule has 0 N–H and O–H groups in total. The maximum absolute atomic E-state index is 12.7. The van der Waals surface area contributed by atoms with Gasteiger partial charge in [0.2, 0.25) is 0 Å². The van der Waals surface area contributed by atoms with Gasteiger partial charge in [-0.3, -0.25) is 9.59 Å². The summed E-state index contributed by atoms with van der Waals surface area (Å²) in [6, 6.07) is -0.725. The van der Waals surface area contributed by atoms with Gasteiger partial charge in [-0.1, -0.05) is 167 Å². The molecule has 0 aliphatic heterocycles. The van der Waals surface area contributed by atoms with Crippen molar-refractivity contribution >= 4 is 17.9 Å². The van der Waals surface area contributed by atoms with E-state index in [9.17, 15) is 19.5 Å². The summed E-state index contributed by atoms with van der Waals surface area (Å²) in [7, 11) is 5.41. The minimum atomic E-state index is -1.13. The number of likely N-dealkylation sites (N-methyl/N-ethyl adjacent to an activating group) is 1. The molecule has 0 saturated carbocycles. The molecule has 0 amide bonds. The Labute approximate surface area is 339 Å². The smallest absolute Gasteiger partial charge is 0.306 e. The number of aliphatic carboxylic acids is 1. The second-order valence-electron chi connectivity index (χ2n) is 16.6. The van der Waals surface area contributed by atoms with Crippen molar-refractivity contribution in [3.63, 3.8) is 0 Å². The van der Waals surface area contributed by atoms with Crippen LogP contribution >= 0.6 is 0 Å². The first-order valence-electron chi connectivity index (χ1n) is 22.9. The third-order valence-corrected chi connectivity index (χ3v) is 10.3.